The molecular weight excluding hydrogens is 443 g/mol. The summed E-state index contributed by atoms with van der Waals surface area (Å²) < 4.78 is 11.3. The Morgan fingerprint density at radius 3 is 0.871 bits per heavy atom. The highest BCUT2D eigenvalue weighted by Gasteiger charge is 2.33. The zero-order chi connectivity index (χ0) is 22.9. The second kappa shape index (κ2) is 25.3. The molecule has 0 saturated carbocycles. The van der Waals surface area contributed by atoms with Crippen molar-refractivity contribution < 1.29 is 8.85 Å². The lowest BCUT2D eigenvalue weighted by atomic mass is 10.1. The van der Waals surface area contributed by atoms with Crippen molar-refractivity contribution in [1.82, 2.24) is 0 Å². The fourth-order valence-electron chi connectivity index (χ4n) is 3.96. The van der Waals surface area contributed by atoms with Crippen LogP contribution in [0.4, 0.5) is 0 Å². The molecule has 0 unspecified atom stereocenters. The first-order valence-corrected chi connectivity index (χ1v) is 17.6. The van der Waals surface area contributed by atoms with E-state index in [1.165, 1.54) is 128 Å². The second-order valence-corrected chi connectivity index (χ2v) is 14.3. The van der Waals surface area contributed by atoms with Gasteiger partial charge in [0.25, 0.3) is 0 Å². The maximum atomic E-state index is 6.26. The van der Waals surface area contributed by atoms with Crippen LogP contribution in [0, 0.1) is 0 Å². The van der Waals surface area contributed by atoms with Crippen molar-refractivity contribution >= 4 is 29.3 Å². The van der Waals surface area contributed by atoms with Gasteiger partial charge in [-0.2, -0.15) is 0 Å². The van der Waals surface area contributed by atoms with Crippen molar-refractivity contribution in [2.75, 3.05) is 13.2 Å². The first-order chi connectivity index (χ1) is 15.1. The molecule has 31 heavy (non-hydrogen) atoms. The average molecular weight is 498 g/mol. The Labute approximate surface area is 206 Å². The Balaban J connectivity index is 3.29. The third kappa shape index (κ3) is 26.8. The zero-order valence-electron chi connectivity index (χ0n) is 21.0. The topological polar surface area (TPSA) is 18.5 Å². The van der Waals surface area contributed by atoms with Gasteiger partial charge in [0.05, 0.1) is 0 Å². The van der Waals surface area contributed by atoms with Gasteiger partial charge in [-0.1, -0.05) is 164 Å². The standard InChI is InChI=1S/C26H54Cl2O2Si/c1-3-5-7-9-11-13-15-17-19-21-23-25-29-31(27,28)30-26-24-22-20-18-16-14-12-10-8-6-4-2/h3-26H2,1-2H3. The highest BCUT2D eigenvalue weighted by molar-refractivity contribution is 7.39. The van der Waals surface area contributed by atoms with E-state index in [-0.39, 0.29) is 0 Å². The van der Waals surface area contributed by atoms with Crippen LogP contribution in [0.15, 0.2) is 0 Å². The van der Waals surface area contributed by atoms with Crippen LogP contribution in [-0.2, 0) is 8.85 Å². The summed E-state index contributed by atoms with van der Waals surface area (Å²) in [7, 11) is -2.95. The molecule has 0 N–H and O–H groups in total. The summed E-state index contributed by atoms with van der Waals surface area (Å²) in [5.74, 6) is 0. The fraction of sp³-hybridized carbons (Fsp3) is 1.00. The molecular formula is C26H54Cl2O2Si. The summed E-state index contributed by atoms with van der Waals surface area (Å²) in [6.45, 7) is 5.81. The minimum atomic E-state index is -2.95. The van der Waals surface area contributed by atoms with Crippen LogP contribution in [0.5, 0.6) is 0 Å². The van der Waals surface area contributed by atoms with Gasteiger partial charge < -0.3 is 8.85 Å². The van der Waals surface area contributed by atoms with Gasteiger partial charge in [-0.15, -0.1) is 0 Å². The van der Waals surface area contributed by atoms with E-state index < -0.39 is 7.18 Å². The number of rotatable bonds is 26. The Morgan fingerprint density at radius 1 is 0.387 bits per heavy atom. The third-order valence-corrected chi connectivity index (χ3v) is 8.43. The van der Waals surface area contributed by atoms with E-state index in [0.29, 0.717) is 13.2 Å². The predicted molar refractivity (Wildman–Crippen MR) is 142 cm³/mol. The molecule has 0 aromatic carbocycles. The Kier molecular flexibility index (Phi) is 25.9. The SMILES string of the molecule is CCCCCCCCCCCCCO[Si](Cl)(Cl)OCCCCCCCCCCCCC. The van der Waals surface area contributed by atoms with Gasteiger partial charge in [0.15, 0.2) is 0 Å². The molecule has 0 amide bonds. The van der Waals surface area contributed by atoms with E-state index in [9.17, 15) is 0 Å². The summed E-state index contributed by atoms with van der Waals surface area (Å²) in [5, 5.41) is 0. The molecule has 0 spiro atoms. The second-order valence-electron chi connectivity index (χ2n) is 9.23. The Hall–Kier alpha value is 0.717. The van der Waals surface area contributed by atoms with Crippen LogP contribution in [-0.4, -0.2) is 20.4 Å². The molecule has 0 aliphatic carbocycles. The molecule has 0 aliphatic heterocycles. The Bertz CT molecular complexity index is 313. The van der Waals surface area contributed by atoms with Crippen LogP contribution < -0.4 is 0 Å². The molecule has 0 fully saturated rings. The van der Waals surface area contributed by atoms with Gasteiger partial charge in [-0.05, 0) is 12.8 Å². The van der Waals surface area contributed by atoms with Crippen LogP contribution in [0.25, 0.3) is 0 Å². The smallest absolute Gasteiger partial charge is 0.372 e. The third-order valence-electron chi connectivity index (χ3n) is 6.04. The van der Waals surface area contributed by atoms with E-state index in [2.05, 4.69) is 13.8 Å². The van der Waals surface area contributed by atoms with Crippen molar-refractivity contribution in [2.45, 2.75) is 155 Å². The lowest BCUT2D eigenvalue weighted by Crippen LogP contribution is -2.30. The normalized spacial score (nSPS) is 12.0. The average Bonchev–Trinajstić information content (AvgIpc) is 2.75. The lowest BCUT2D eigenvalue weighted by Gasteiger charge is -2.17. The molecule has 0 saturated heterocycles. The molecule has 0 aliphatic rings. The molecule has 0 rings (SSSR count). The summed E-state index contributed by atoms with van der Waals surface area (Å²) in [5.41, 5.74) is 0. The molecule has 188 valence electrons. The highest BCUT2D eigenvalue weighted by Crippen LogP contribution is 2.20. The van der Waals surface area contributed by atoms with Gasteiger partial charge >= 0.3 is 7.18 Å². The van der Waals surface area contributed by atoms with Crippen molar-refractivity contribution in [2.24, 2.45) is 0 Å². The molecule has 0 heterocycles. The predicted octanol–water partition coefficient (Wildman–Crippen LogP) is 10.6. The van der Waals surface area contributed by atoms with Crippen molar-refractivity contribution in [1.29, 1.82) is 0 Å². The molecule has 2 nitrogen and oxygen atoms in total. The Morgan fingerprint density at radius 2 is 0.613 bits per heavy atom. The number of unbranched alkanes of at least 4 members (excludes halogenated alkanes) is 20. The van der Waals surface area contributed by atoms with E-state index >= 15 is 0 Å². The van der Waals surface area contributed by atoms with E-state index in [1.807, 2.05) is 0 Å². The first-order valence-electron chi connectivity index (χ1n) is 13.8. The minimum absolute atomic E-state index is 0.633. The van der Waals surface area contributed by atoms with Crippen LogP contribution in [0.2, 0.25) is 0 Å². The molecule has 0 atom stereocenters. The highest BCUT2D eigenvalue weighted by atomic mass is 35.7. The van der Waals surface area contributed by atoms with Gasteiger partial charge in [-0.25, -0.2) is 0 Å². The lowest BCUT2D eigenvalue weighted by molar-refractivity contribution is 0.196. The molecule has 0 aromatic rings. The number of hydrogen-bond donors (Lipinski definition) is 0. The zero-order valence-corrected chi connectivity index (χ0v) is 23.6. The molecule has 0 bridgehead atoms. The number of hydrogen-bond acceptors (Lipinski definition) is 2. The van der Waals surface area contributed by atoms with Crippen molar-refractivity contribution in [3.63, 3.8) is 0 Å². The van der Waals surface area contributed by atoms with Crippen LogP contribution in [0.3, 0.4) is 0 Å². The monoisotopic (exact) mass is 496 g/mol. The molecule has 0 aromatic heterocycles. The first kappa shape index (κ1) is 31.7. The van der Waals surface area contributed by atoms with Gasteiger partial charge in [0, 0.05) is 13.2 Å². The van der Waals surface area contributed by atoms with Crippen LogP contribution >= 0.6 is 22.2 Å². The molecule has 0 radical (unpaired) electrons. The molecule has 5 heteroatoms. The van der Waals surface area contributed by atoms with Gasteiger partial charge in [0.1, 0.15) is 0 Å². The summed E-state index contributed by atoms with van der Waals surface area (Å²) in [4.78, 5) is 0. The largest absolute Gasteiger partial charge is 0.551 e. The van der Waals surface area contributed by atoms with Gasteiger partial charge in [0.2, 0.25) is 0 Å². The van der Waals surface area contributed by atoms with E-state index in [0.717, 1.165) is 12.8 Å². The van der Waals surface area contributed by atoms with E-state index in [4.69, 9.17) is 31.0 Å². The quantitative estimate of drug-likeness (QED) is 0.0672. The minimum Gasteiger partial charge on any atom is -0.372 e. The fourth-order valence-corrected chi connectivity index (χ4v) is 5.73. The van der Waals surface area contributed by atoms with E-state index in [1.54, 1.807) is 0 Å². The summed E-state index contributed by atoms with van der Waals surface area (Å²) in [6.07, 6.45) is 29.2. The van der Waals surface area contributed by atoms with Gasteiger partial charge in [-0.3, -0.25) is 0 Å². The summed E-state index contributed by atoms with van der Waals surface area (Å²) in [6, 6.07) is 0. The summed E-state index contributed by atoms with van der Waals surface area (Å²) >= 11 is 12.5. The van der Waals surface area contributed by atoms with Crippen LogP contribution in [0.1, 0.15) is 155 Å². The maximum Gasteiger partial charge on any atom is 0.551 e. The maximum absolute atomic E-state index is 6.26. The number of halogens is 2. The van der Waals surface area contributed by atoms with Crippen molar-refractivity contribution in [3.8, 4) is 0 Å². The van der Waals surface area contributed by atoms with Crippen molar-refractivity contribution in [3.05, 3.63) is 0 Å².